The summed E-state index contributed by atoms with van der Waals surface area (Å²) in [5.41, 5.74) is 1.65. The number of nitrogens with one attached hydrogen (secondary N) is 1. The second kappa shape index (κ2) is 10.5. The monoisotopic (exact) mass is 414 g/mol. The van der Waals surface area contributed by atoms with Gasteiger partial charge in [0, 0.05) is 37.6 Å². The Morgan fingerprint density at radius 1 is 1.31 bits per heavy atom. The molecule has 0 radical (unpaired) electrons. The van der Waals surface area contributed by atoms with Crippen molar-refractivity contribution < 1.29 is 9.59 Å². The van der Waals surface area contributed by atoms with Gasteiger partial charge < -0.3 is 10.2 Å². The van der Waals surface area contributed by atoms with E-state index < -0.39 is 0 Å². The van der Waals surface area contributed by atoms with Crippen LogP contribution in [0, 0.1) is 12.8 Å². The first kappa shape index (κ1) is 21.4. The zero-order valence-corrected chi connectivity index (χ0v) is 18.1. The molecule has 0 spiro atoms. The van der Waals surface area contributed by atoms with Gasteiger partial charge in [0.05, 0.1) is 11.6 Å². The summed E-state index contributed by atoms with van der Waals surface area (Å²) in [6.45, 7) is 5.95. The Labute approximate surface area is 176 Å². The molecule has 7 heteroatoms. The van der Waals surface area contributed by atoms with E-state index in [1.54, 1.807) is 12.4 Å². The molecule has 1 fully saturated rings. The molecule has 0 saturated carbocycles. The summed E-state index contributed by atoms with van der Waals surface area (Å²) in [5, 5.41) is 3.86. The molecular weight excluding hydrogens is 384 g/mol. The fourth-order valence-corrected chi connectivity index (χ4v) is 4.66. The van der Waals surface area contributed by atoms with E-state index in [1.807, 2.05) is 24.0 Å². The summed E-state index contributed by atoms with van der Waals surface area (Å²) < 4.78 is 0. The summed E-state index contributed by atoms with van der Waals surface area (Å²) in [6, 6.07) is 3.81. The third kappa shape index (κ3) is 5.63. The third-order valence-electron chi connectivity index (χ3n) is 5.31. The lowest BCUT2D eigenvalue weighted by Crippen LogP contribution is -2.45. The number of hydrogen-bond acceptors (Lipinski definition) is 5. The van der Waals surface area contributed by atoms with Crippen molar-refractivity contribution >= 4 is 23.2 Å². The Bertz CT molecular complexity index is 821. The van der Waals surface area contributed by atoms with Crippen LogP contribution in [-0.4, -0.2) is 46.3 Å². The predicted molar refractivity (Wildman–Crippen MR) is 116 cm³/mol. The van der Waals surface area contributed by atoms with Crippen LogP contribution >= 0.6 is 11.3 Å². The normalized spacial score (nSPS) is 16.6. The van der Waals surface area contributed by atoms with E-state index in [9.17, 15) is 9.59 Å². The van der Waals surface area contributed by atoms with Crippen LogP contribution in [0.4, 0.5) is 0 Å². The fraction of sp³-hybridized carbons (Fsp3) is 0.545. The number of carbonyl (C=O) groups excluding carboxylic acids is 2. The first-order valence-corrected chi connectivity index (χ1v) is 11.4. The molecule has 1 unspecified atom stereocenters. The second-order valence-corrected chi connectivity index (χ2v) is 8.62. The minimum atomic E-state index is -0.120. The highest BCUT2D eigenvalue weighted by atomic mass is 32.1. The number of thiazole rings is 1. The molecule has 3 heterocycles. The molecule has 2 amide bonds. The molecule has 1 atom stereocenters. The number of amides is 2. The van der Waals surface area contributed by atoms with E-state index in [4.69, 9.17) is 0 Å². The summed E-state index contributed by atoms with van der Waals surface area (Å²) in [7, 11) is 0. The Morgan fingerprint density at radius 2 is 2.17 bits per heavy atom. The number of hydrogen-bond donors (Lipinski definition) is 1. The number of aromatic nitrogens is 2. The molecule has 1 aliphatic heterocycles. The van der Waals surface area contributed by atoms with Crippen LogP contribution in [-0.2, 0) is 4.79 Å². The minimum Gasteiger partial charge on any atom is -0.356 e. The first-order chi connectivity index (χ1) is 14.1. The van der Waals surface area contributed by atoms with E-state index >= 15 is 0 Å². The smallest absolute Gasteiger partial charge is 0.265 e. The molecule has 1 saturated heterocycles. The van der Waals surface area contributed by atoms with Crippen LogP contribution in [0.15, 0.2) is 24.5 Å². The molecular formula is C22H30N4O2S. The number of nitrogens with zero attached hydrogens (tertiary/aromatic N) is 3. The fourth-order valence-electron chi connectivity index (χ4n) is 3.63. The Morgan fingerprint density at radius 3 is 2.93 bits per heavy atom. The Hall–Kier alpha value is -2.28. The van der Waals surface area contributed by atoms with E-state index in [0.29, 0.717) is 18.0 Å². The van der Waals surface area contributed by atoms with Gasteiger partial charge in [0.25, 0.3) is 5.91 Å². The standard InChI is InChI=1S/C22H30N4O2S/c1-3-4-5-6-12-24-20(27)18-10-8-13-26(15-18)22(28)19-16(2)25-21(29-19)17-9-7-11-23-14-17/h7,9,11,14,18H,3-6,8,10,12-13,15H2,1-2H3,(H,24,27). The maximum absolute atomic E-state index is 13.1. The highest BCUT2D eigenvalue weighted by molar-refractivity contribution is 7.17. The van der Waals surface area contributed by atoms with Gasteiger partial charge in [-0.15, -0.1) is 11.3 Å². The average Bonchev–Trinajstić information content (AvgIpc) is 3.15. The lowest BCUT2D eigenvalue weighted by molar-refractivity contribution is -0.126. The van der Waals surface area contributed by atoms with Crippen molar-refractivity contribution in [2.45, 2.75) is 52.4 Å². The molecule has 0 aromatic carbocycles. The van der Waals surface area contributed by atoms with Gasteiger partial charge in [0.2, 0.25) is 5.91 Å². The lowest BCUT2D eigenvalue weighted by Gasteiger charge is -2.31. The molecule has 1 N–H and O–H groups in total. The number of unbranched alkanes of at least 4 members (excludes halogenated alkanes) is 3. The first-order valence-electron chi connectivity index (χ1n) is 10.5. The zero-order chi connectivity index (χ0) is 20.6. The van der Waals surface area contributed by atoms with Gasteiger partial charge in [-0.05, 0) is 38.3 Å². The van der Waals surface area contributed by atoms with Crippen LogP contribution in [0.5, 0.6) is 0 Å². The number of likely N-dealkylation sites (tertiary alicyclic amines) is 1. The molecule has 3 rings (SSSR count). The molecule has 2 aromatic heterocycles. The highest BCUT2D eigenvalue weighted by Crippen LogP contribution is 2.29. The predicted octanol–water partition coefficient (Wildman–Crippen LogP) is 4.06. The summed E-state index contributed by atoms with van der Waals surface area (Å²) in [6.07, 6.45) is 9.74. The van der Waals surface area contributed by atoms with E-state index in [1.165, 1.54) is 24.2 Å². The number of piperidine rings is 1. The van der Waals surface area contributed by atoms with Gasteiger partial charge >= 0.3 is 0 Å². The molecule has 2 aromatic rings. The third-order valence-corrected chi connectivity index (χ3v) is 6.50. The molecule has 29 heavy (non-hydrogen) atoms. The van der Waals surface area contributed by atoms with Gasteiger partial charge in [-0.1, -0.05) is 26.2 Å². The van der Waals surface area contributed by atoms with Gasteiger partial charge in [-0.3, -0.25) is 14.6 Å². The van der Waals surface area contributed by atoms with Crippen LogP contribution < -0.4 is 5.32 Å². The number of aryl methyl sites for hydroxylation is 1. The van der Waals surface area contributed by atoms with Crippen molar-refractivity contribution in [1.82, 2.24) is 20.2 Å². The number of rotatable bonds is 8. The SMILES string of the molecule is CCCCCCNC(=O)C1CCCN(C(=O)c2sc(-c3cccnc3)nc2C)C1. The number of carbonyl (C=O) groups is 2. The average molecular weight is 415 g/mol. The number of pyridine rings is 1. The molecule has 156 valence electrons. The molecule has 0 bridgehead atoms. The molecule has 6 nitrogen and oxygen atoms in total. The van der Waals surface area contributed by atoms with Crippen LogP contribution in [0.1, 0.15) is 60.8 Å². The van der Waals surface area contributed by atoms with Crippen LogP contribution in [0.3, 0.4) is 0 Å². The van der Waals surface area contributed by atoms with Gasteiger partial charge in [0.1, 0.15) is 9.88 Å². The largest absolute Gasteiger partial charge is 0.356 e. The summed E-state index contributed by atoms with van der Waals surface area (Å²) in [4.78, 5) is 36.8. The van der Waals surface area contributed by atoms with Crippen molar-refractivity contribution in [3.8, 4) is 10.6 Å². The van der Waals surface area contributed by atoms with Gasteiger partial charge in [-0.2, -0.15) is 0 Å². The minimum absolute atomic E-state index is 0.0180. The Kier molecular flexibility index (Phi) is 7.75. The second-order valence-electron chi connectivity index (χ2n) is 7.62. The van der Waals surface area contributed by atoms with Crippen molar-refractivity contribution in [1.29, 1.82) is 0 Å². The van der Waals surface area contributed by atoms with Crippen LogP contribution in [0.2, 0.25) is 0 Å². The van der Waals surface area contributed by atoms with Gasteiger partial charge in [-0.25, -0.2) is 4.98 Å². The maximum Gasteiger partial charge on any atom is 0.265 e. The van der Waals surface area contributed by atoms with Crippen molar-refractivity contribution in [3.63, 3.8) is 0 Å². The van der Waals surface area contributed by atoms with Crippen molar-refractivity contribution in [2.75, 3.05) is 19.6 Å². The molecule has 0 aliphatic carbocycles. The Balaban J connectivity index is 1.60. The van der Waals surface area contributed by atoms with E-state index in [2.05, 4.69) is 22.2 Å². The zero-order valence-electron chi connectivity index (χ0n) is 17.3. The van der Waals surface area contributed by atoms with Gasteiger partial charge in [0.15, 0.2) is 0 Å². The molecule has 1 aliphatic rings. The summed E-state index contributed by atoms with van der Waals surface area (Å²) in [5.74, 6) is -0.0587. The maximum atomic E-state index is 13.1. The lowest BCUT2D eigenvalue weighted by atomic mass is 9.97. The van der Waals surface area contributed by atoms with E-state index in [0.717, 1.165) is 48.5 Å². The van der Waals surface area contributed by atoms with Crippen LogP contribution in [0.25, 0.3) is 10.6 Å². The summed E-state index contributed by atoms with van der Waals surface area (Å²) >= 11 is 1.40. The van der Waals surface area contributed by atoms with E-state index in [-0.39, 0.29) is 17.7 Å². The van der Waals surface area contributed by atoms with Crippen molar-refractivity contribution in [3.05, 3.63) is 35.1 Å². The topological polar surface area (TPSA) is 75.2 Å². The van der Waals surface area contributed by atoms with Crippen molar-refractivity contribution in [2.24, 2.45) is 5.92 Å². The quantitative estimate of drug-likeness (QED) is 0.661. The highest BCUT2D eigenvalue weighted by Gasteiger charge is 2.30.